The highest BCUT2D eigenvalue weighted by molar-refractivity contribution is 5.88. The summed E-state index contributed by atoms with van der Waals surface area (Å²) in [4.78, 5) is 21.1. The summed E-state index contributed by atoms with van der Waals surface area (Å²) in [6, 6.07) is 11.0. The number of alkyl halides is 2. The maximum atomic E-state index is 12.8. The standard InChI is InChI=1S/C22H21F2N3O4/c1-14(2)30-20-9-18(7-8-19(20)31-22(23)24)27(12-15-10-25-13-26-11-15)17-5-3-16(4-6-17)21(28)29/h3-11,13-14,22H,12H2,1-2H3,(H,28,29). The number of ether oxygens (including phenoxy) is 2. The van der Waals surface area contributed by atoms with Crippen molar-refractivity contribution in [2.45, 2.75) is 33.1 Å². The number of carboxylic acid groups (broad SMARTS) is 1. The van der Waals surface area contributed by atoms with Crippen LogP contribution in [-0.4, -0.2) is 33.8 Å². The van der Waals surface area contributed by atoms with E-state index in [1.807, 2.05) is 4.90 Å². The topological polar surface area (TPSA) is 84.8 Å². The highest BCUT2D eigenvalue weighted by Gasteiger charge is 2.18. The third-order valence-corrected chi connectivity index (χ3v) is 4.20. The van der Waals surface area contributed by atoms with Crippen molar-refractivity contribution in [2.75, 3.05) is 4.90 Å². The zero-order chi connectivity index (χ0) is 22.4. The summed E-state index contributed by atoms with van der Waals surface area (Å²) in [6.07, 6.45) is 4.47. The molecule has 1 N–H and O–H groups in total. The van der Waals surface area contributed by atoms with Crippen LogP contribution in [0.25, 0.3) is 0 Å². The molecular formula is C22H21F2N3O4. The Morgan fingerprint density at radius 1 is 1.00 bits per heavy atom. The van der Waals surface area contributed by atoms with E-state index in [1.165, 1.54) is 24.5 Å². The van der Waals surface area contributed by atoms with Crippen molar-refractivity contribution in [2.24, 2.45) is 0 Å². The van der Waals surface area contributed by atoms with E-state index in [2.05, 4.69) is 14.7 Å². The average molecular weight is 429 g/mol. The summed E-state index contributed by atoms with van der Waals surface area (Å²) in [5.41, 5.74) is 2.26. The van der Waals surface area contributed by atoms with Crippen LogP contribution in [0.4, 0.5) is 20.2 Å². The van der Waals surface area contributed by atoms with Crippen LogP contribution in [0.1, 0.15) is 29.8 Å². The van der Waals surface area contributed by atoms with E-state index in [0.29, 0.717) is 17.9 Å². The van der Waals surface area contributed by atoms with Gasteiger partial charge in [-0.2, -0.15) is 8.78 Å². The summed E-state index contributed by atoms with van der Waals surface area (Å²) < 4.78 is 35.9. The van der Waals surface area contributed by atoms with E-state index < -0.39 is 12.6 Å². The third kappa shape index (κ3) is 5.88. The maximum Gasteiger partial charge on any atom is 0.387 e. The van der Waals surface area contributed by atoms with Crippen molar-refractivity contribution in [1.29, 1.82) is 0 Å². The fourth-order valence-corrected chi connectivity index (χ4v) is 2.91. The molecule has 0 fully saturated rings. The first kappa shape index (κ1) is 21.9. The Morgan fingerprint density at radius 3 is 2.23 bits per heavy atom. The Bertz CT molecular complexity index is 1020. The number of nitrogens with zero attached hydrogens (tertiary/aromatic N) is 3. The van der Waals surface area contributed by atoms with Gasteiger partial charge in [-0.1, -0.05) is 0 Å². The Morgan fingerprint density at radius 2 is 1.65 bits per heavy atom. The van der Waals surface area contributed by atoms with Gasteiger partial charge in [-0.05, 0) is 50.2 Å². The number of anilines is 2. The lowest BCUT2D eigenvalue weighted by Gasteiger charge is -2.26. The molecule has 9 heteroatoms. The summed E-state index contributed by atoms with van der Waals surface area (Å²) in [5.74, 6) is -0.934. The lowest BCUT2D eigenvalue weighted by Crippen LogP contribution is -2.18. The Kier molecular flexibility index (Phi) is 6.96. The molecule has 0 bridgehead atoms. The molecule has 1 aromatic heterocycles. The molecule has 0 aliphatic heterocycles. The lowest BCUT2D eigenvalue weighted by atomic mass is 10.1. The molecule has 0 aliphatic rings. The fourth-order valence-electron chi connectivity index (χ4n) is 2.91. The zero-order valence-electron chi connectivity index (χ0n) is 16.9. The van der Waals surface area contributed by atoms with E-state index in [0.717, 1.165) is 5.56 Å². The molecule has 0 radical (unpaired) electrons. The Balaban J connectivity index is 2.04. The van der Waals surface area contributed by atoms with Gasteiger partial charge < -0.3 is 19.5 Å². The molecule has 0 spiro atoms. The monoisotopic (exact) mass is 429 g/mol. The fraction of sp³-hybridized carbons (Fsp3) is 0.227. The third-order valence-electron chi connectivity index (χ3n) is 4.20. The van der Waals surface area contributed by atoms with Crippen LogP contribution in [0, 0.1) is 0 Å². The molecule has 162 valence electrons. The van der Waals surface area contributed by atoms with E-state index in [-0.39, 0.29) is 23.2 Å². The highest BCUT2D eigenvalue weighted by atomic mass is 19.3. The molecular weight excluding hydrogens is 408 g/mol. The zero-order valence-corrected chi connectivity index (χ0v) is 16.9. The maximum absolute atomic E-state index is 12.8. The predicted octanol–water partition coefficient (Wildman–Crippen LogP) is 4.90. The molecule has 0 saturated carbocycles. The number of carboxylic acids is 1. The van der Waals surface area contributed by atoms with E-state index >= 15 is 0 Å². The normalized spacial score (nSPS) is 10.9. The van der Waals surface area contributed by atoms with Crippen LogP contribution in [-0.2, 0) is 6.54 Å². The summed E-state index contributed by atoms with van der Waals surface area (Å²) in [6.45, 7) is 0.926. The number of hydrogen-bond acceptors (Lipinski definition) is 6. The Hall–Kier alpha value is -3.75. The van der Waals surface area contributed by atoms with Crippen LogP contribution in [0.5, 0.6) is 11.5 Å². The number of halogens is 2. The van der Waals surface area contributed by atoms with Gasteiger partial charge in [0.05, 0.1) is 18.2 Å². The van der Waals surface area contributed by atoms with Gasteiger partial charge in [0.2, 0.25) is 0 Å². The van der Waals surface area contributed by atoms with Gasteiger partial charge in [0, 0.05) is 35.4 Å². The van der Waals surface area contributed by atoms with Crippen LogP contribution < -0.4 is 14.4 Å². The SMILES string of the molecule is CC(C)Oc1cc(N(Cc2cncnc2)c2ccc(C(=O)O)cc2)ccc1OC(F)F. The molecule has 3 rings (SSSR count). The molecule has 31 heavy (non-hydrogen) atoms. The van der Waals surface area contributed by atoms with Crippen LogP contribution in [0.3, 0.4) is 0 Å². The summed E-state index contributed by atoms with van der Waals surface area (Å²) in [7, 11) is 0. The second-order valence-electron chi connectivity index (χ2n) is 6.86. The van der Waals surface area contributed by atoms with Crippen molar-refractivity contribution < 1.29 is 28.2 Å². The van der Waals surface area contributed by atoms with Gasteiger partial charge in [-0.3, -0.25) is 0 Å². The summed E-state index contributed by atoms with van der Waals surface area (Å²) >= 11 is 0. The number of hydrogen-bond donors (Lipinski definition) is 1. The van der Waals surface area contributed by atoms with E-state index in [1.54, 1.807) is 50.5 Å². The van der Waals surface area contributed by atoms with E-state index in [4.69, 9.17) is 9.84 Å². The second kappa shape index (κ2) is 9.84. The lowest BCUT2D eigenvalue weighted by molar-refractivity contribution is -0.0518. The number of carbonyl (C=O) groups is 1. The van der Waals surface area contributed by atoms with Crippen LogP contribution in [0.15, 0.2) is 61.2 Å². The molecule has 2 aromatic carbocycles. The molecule has 1 heterocycles. The number of benzene rings is 2. The van der Waals surface area contributed by atoms with Gasteiger partial charge >= 0.3 is 12.6 Å². The second-order valence-corrected chi connectivity index (χ2v) is 6.86. The van der Waals surface area contributed by atoms with E-state index in [9.17, 15) is 13.6 Å². The van der Waals surface area contributed by atoms with Gasteiger partial charge in [0.15, 0.2) is 11.5 Å². The minimum atomic E-state index is -2.98. The molecule has 0 atom stereocenters. The highest BCUT2D eigenvalue weighted by Crippen LogP contribution is 2.37. The molecule has 0 amide bonds. The first-order chi connectivity index (χ1) is 14.8. The first-order valence-corrected chi connectivity index (χ1v) is 9.44. The number of aromatic carboxylic acids is 1. The van der Waals surface area contributed by atoms with Gasteiger partial charge in [-0.15, -0.1) is 0 Å². The van der Waals surface area contributed by atoms with Crippen molar-refractivity contribution in [3.8, 4) is 11.5 Å². The summed E-state index contributed by atoms with van der Waals surface area (Å²) in [5, 5.41) is 9.17. The average Bonchev–Trinajstić information content (AvgIpc) is 2.73. The molecule has 0 saturated heterocycles. The minimum absolute atomic E-state index is 0.0725. The van der Waals surface area contributed by atoms with Crippen molar-refractivity contribution in [1.82, 2.24) is 9.97 Å². The molecule has 7 nitrogen and oxygen atoms in total. The largest absolute Gasteiger partial charge is 0.487 e. The van der Waals surface area contributed by atoms with Crippen molar-refractivity contribution in [3.05, 3.63) is 72.3 Å². The molecule has 0 aliphatic carbocycles. The predicted molar refractivity (Wildman–Crippen MR) is 110 cm³/mol. The first-order valence-electron chi connectivity index (χ1n) is 9.44. The van der Waals surface area contributed by atoms with Crippen LogP contribution in [0.2, 0.25) is 0 Å². The molecule has 0 unspecified atom stereocenters. The Labute approximate surface area is 177 Å². The van der Waals surface area contributed by atoms with Gasteiger partial charge in [0.1, 0.15) is 6.33 Å². The number of rotatable bonds is 9. The minimum Gasteiger partial charge on any atom is -0.487 e. The van der Waals surface area contributed by atoms with Gasteiger partial charge in [0.25, 0.3) is 0 Å². The molecule has 3 aromatic rings. The number of aromatic nitrogens is 2. The quantitative estimate of drug-likeness (QED) is 0.518. The smallest absolute Gasteiger partial charge is 0.387 e. The van der Waals surface area contributed by atoms with Crippen molar-refractivity contribution in [3.63, 3.8) is 0 Å². The van der Waals surface area contributed by atoms with Crippen LogP contribution >= 0.6 is 0 Å². The van der Waals surface area contributed by atoms with Gasteiger partial charge in [-0.25, -0.2) is 14.8 Å². The van der Waals surface area contributed by atoms with Crippen molar-refractivity contribution >= 4 is 17.3 Å².